The van der Waals surface area contributed by atoms with Gasteiger partial charge in [0.2, 0.25) is 5.91 Å². The average molecular weight is 353 g/mol. The number of carbonyl (C=O) groups is 1. The normalized spacial score (nSPS) is 23.2. The number of ether oxygens (including phenoxy) is 1. The number of benzene rings is 1. The van der Waals surface area contributed by atoms with Crippen molar-refractivity contribution in [3.63, 3.8) is 0 Å². The summed E-state index contributed by atoms with van der Waals surface area (Å²) in [6.07, 6.45) is 10.1. The van der Waals surface area contributed by atoms with E-state index in [9.17, 15) is 4.79 Å². The molecule has 1 atom stereocenters. The molecule has 0 saturated heterocycles. The maximum absolute atomic E-state index is 12.9. The summed E-state index contributed by atoms with van der Waals surface area (Å²) in [4.78, 5) is 14.9. The maximum Gasteiger partial charge on any atom is 0.230 e. The Morgan fingerprint density at radius 2 is 2.04 bits per heavy atom. The largest absolute Gasteiger partial charge is 0.489 e. The molecule has 0 bridgehead atoms. The fourth-order valence-electron chi connectivity index (χ4n) is 3.90. The number of fused-ring (bicyclic) bond motifs is 1. The van der Waals surface area contributed by atoms with E-state index in [0.717, 1.165) is 61.1 Å². The van der Waals surface area contributed by atoms with Crippen molar-refractivity contribution in [1.82, 2.24) is 0 Å². The Morgan fingerprint density at radius 1 is 1.27 bits per heavy atom. The molecule has 1 aliphatic heterocycles. The van der Waals surface area contributed by atoms with Gasteiger partial charge in [-0.2, -0.15) is 0 Å². The van der Waals surface area contributed by atoms with Crippen molar-refractivity contribution in [2.45, 2.75) is 64.0 Å². The summed E-state index contributed by atoms with van der Waals surface area (Å²) < 4.78 is 6.37. The minimum atomic E-state index is 0.195. The van der Waals surface area contributed by atoms with E-state index in [2.05, 4.69) is 6.92 Å². The Balaban J connectivity index is 1.80. The monoisotopic (exact) mass is 353 g/mol. The van der Waals surface area contributed by atoms with Gasteiger partial charge < -0.3 is 20.8 Å². The van der Waals surface area contributed by atoms with E-state index in [1.807, 2.05) is 17.0 Å². The molecule has 0 aromatic heterocycles. The SMILES string of the molecule is C[C@H]1CCc2c(ccc(/C(C=N)=C/N)c2OC2CCC2)N1C(=O)C1CC1. The van der Waals surface area contributed by atoms with Gasteiger partial charge >= 0.3 is 0 Å². The molecule has 2 fully saturated rings. The number of nitrogens with two attached hydrogens (primary N) is 1. The highest BCUT2D eigenvalue weighted by Gasteiger charge is 2.39. The first-order valence-electron chi connectivity index (χ1n) is 9.72. The number of carbonyl (C=O) groups excluding carboxylic acids is 1. The molecular formula is C21H27N3O2. The second-order valence-electron chi connectivity index (χ2n) is 7.75. The zero-order chi connectivity index (χ0) is 18.3. The molecule has 3 aliphatic rings. The van der Waals surface area contributed by atoms with Crippen LogP contribution in [0.15, 0.2) is 18.3 Å². The maximum atomic E-state index is 12.9. The van der Waals surface area contributed by atoms with Crippen molar-refractivity contribution in [1.29, 1.82) is 5.41 Å². The van der Waals surface area contributed by atoms with Crippen LogP contribution in [0.2, 0.25) is 0 Å². The summed E-state index contributed by atoms with van der Waals surface area (Å²) in [5.74, 6) is 1.27. The number of hydrogen-bond donors (Lipinski definition) is 2. The van der Waals surface area contributed by atoms with E-state index in [-0.39, 0.29) is 24.0 Å². The van der Waals surface area contributed by atoms with Crippen molar-refractivity contribution in [2.24, 2.45) is 11.7 Å². The summed E-state index contributed by atoms with van der Waals surface area (Å²) in [5.41, 5.74) is 9.35. The van der Waals surface area contributed by atoms with Crippen LogP contribution in [0.4, 0.5) is 5.69 Å². The van der Waals surface area contributed by atoms with Gasteiger partial charge in [-0.05, 0) is 64.0 Å². The highest BCUT2D eigenvalue weighted by Crippen LogP contribution is 2.44. The van der Waals surface area contributed by atoms with Gasteiger partial charge in [-0.15, -0.1) is 0 Å². The molecule has 1 heterocycles. The molecule has 1 aromatic carbocycles. The molecule has 5 heteroatoms. The molecule has 0 unspecified atom stereocenters. The van der Waals surface area contributed by atoms with Gasteiger partial charge in [0.15, 0.2) is 0 Å². The Labute approximate surface area is 154 Å². The van der Waals surface area contributed by atoms with Crippen LogP contribution in [-0.2, 0) is 11.2 Å². The van der Waals surface area contributed by atoms with Crippen LogP contribution in [0.5, 0.6) is 5.75 Å². The quantitative estimate of drug-likeness (QED) is 0.793. The number of amides is 1. The summed E-state index contributed by atoms with van der Waals surface area (Å²) in [6.45, 7) is 2.13. The predicted octanol–water partition coefficient (Wildman–Crippen LogP) is 3.64. The first-order chi connectivity index (χ1) is 12.6. The fraction of sp³-hybridized carbons (Fsp3) is 0.524. The Bertz CT molecular complexity index is 763. The topological polar surface area (TPSA) is 79.4 Å². The minimum absolute atomic E-state index is 0.195. The summed E-state index contributed by atoms with van der Waals surface area (Å²) in [7, 11) is 0. The first-order valence-corrected chi connectivity index (χ1v) is 9.72. The molecule has 4 rings (SSSR count). The molecule has 1 aromatic rings. The molecule has 2 aliphatic carbocycles. The third-order valence-electron chi connectivity index (χ3n) is 5.89. The van der Waals surface area contributed by atoms with Gasteiger partial charge in [0, 0.05) is 41.1 Å². The van der Waals surface area contributed by atoms with Gasteiger partial charge in [-0.3, -0.25) is 4.79 Å². The molecule has 1 amide bonds. The molecule has 2 saturated carbocycles. The van der Waals surface area contributed by atoms with Crippen LogP contribution >= 0.6 is 0 Å². The first kappa shape index (κ1) is 17.1. The van der Waals surface area contributed by atoms with Crippen LogP contribution in [0.1, 0.15) is 56.6 Å². The van der Waals surface area contributed by atoms with E-state index in [0.29, 0.717) is 5.57 Å². The lowest BCUT2D eigenvalue weighted by Gasteiger charge is -2.38. The van der Waals surface area contributed by atoms with E-state index >= 15 is 0 Å². The average Bonchev–Trinajstić information content (AvgIpc) is 3.44. The second-order valence-corrected chi connectivity index (χ2v) is 7.75. The van der Waals surface area contributed by atoms with Crippen molar-refractivity contribution >= 4 is 23.4 Å². The lowest BCUT2D eigenvalue weighted by Crippen LogP contribution is -2.43. The van der Waals surface area contributed by atoms with Crippen molar-refractivity contribution in [3.8, 4) is 5.75 Å². The third-order valence-corrected chi connectivity index (χ3v) is 5.89. The minimum Gasteiger partial charge on any atom is -0.489 e. The zero-order valence-corrected chi connectivity index (χ0v) is 15.3. The van der Waals surface area contributed by atoms with Crippen molar-refractivity contribution in [2.75, 3.05) is 4.90 Å². The number of nitrogens with zero attached hydrogens (tertiary/aromatic N) is 1. The Hall–Kier alpha value is -2.30. The molecule has 0 radical (unpaired) electrons. The summed E-state index contributed by atoms with van der Waals surface area (Å²) in [6, 6.07) is 4.19. The van der Waals surface area contributed by atoms with E-state index in [4.69, 9.17) is 15.9 Å². The van der Waals surface area contributed by atoms with Crippen LogP contribution in [0.25, 0.3) is 5.57 Å². The fourth-order valence-corrected chi connectivity index (χ4v) is 3.90. The van der Waals surface area contributed by atoms with E-state index in [1.54, 1.807) is 0 Å². The third kappa shape index (κ3) is 2.89. The number of allylic oxidation sites excluding steroid dienone is 1. The summed E-state index contributed by atoms with van der Waals surface area (Å²) >= 11 is 0. The highest BCUT2D eigenvalue weighted by molar-refractivity contribution is 6.10. The van der Waals surface area contributed by atoms with Crippen molar-refractivity contribution < 1.29 is 9.53 Å². The van der Waals surface area contributed by atoms with Crippen LogP contribution < -0.4 is 15.4 Å². The van der Waals surface area contributed by atoms with E-state index < -0.39 is 0 Å². The summed E-state index contributed by atoms with van der Waals surface area (Å²) in [5, 5.41) is 7.69. The zero-order valence-electron chi connectivity index (χ0n) is 15.3. The number of rotatable bonds is 5. The van der Waals surface area contributed by atoms with Crippen LogP contribution in [0.3, 0.4) is 0 Å². The molecular weight excluding hydrogens is 326 g/mol. The second kappa shape index (κ2) is 6.78. The van der Waals surface area contributed by atoms with Gasteiger partial charge in [0.05, 0.1) is 11.8 Å². The molecule has 3 N–H and O–H groups in total. The van der Waals surface area contributed by atoms with Gasteiger partial charge in [0.25, 0.3) is 0 Å². The van der Waals surface area contributed by atoms with Crippen LogP contribution in [0, 0.1) is 11.3 Å². The Kier molecular flexibility index (Phi) is 4.47. The molecule has 26 heavy (non-hydrogen) atoms. The number of anilines is 1. The Morgan fingerprint density at radius 3 is 2.62 bits per heavy atom. The van der Waals surface area contributed by atoms with Gasteiger partial charge in [-0.25, -0.2) is 0 Å². The van der Waals surface area contributed by atoms with E-state index in [1.165, 1.54) is 18.8 Å². The van der Waals surface area contributed by atoms with Crippen molar-refractivity contribution in [3.05, 3.63) is 29.5 Å². The smallest absolute Gasteiger partial charge is 0.230 e. The highest BCUT2D eigenvalue weighted by atomic mass is 16.5. The molecule has 0 spiro atoms. The van der Waals surface area contributed by atoms with Gasteiger partial charge in [-0.1, -0.05) is 0 Å². The standard InChI is InChI=1S/C21H27N3O2/c1-13-5-8-18-19(24(13)21(25)14-6-7-14)10-9-17(15(11-22)12-23)20(18)26-16-3-2-4-16/h9-14,16,22H,2-8,23H2,1H3/b15-12+,22-11?/t13-/m0/s1. The predicted molar refractivity (Wildman–Crippen MR) is 104 cm³/mol. The van der Waals surface area contributed by atoms with Crippen LogP contribution in [-0.4, -0.2) is 24.3 Å². The number of hydrogen-bond acceptors (Lipinski definition) is 4. The van der Waals surface area contributed by atoms with Gasteiger partial charge in [0.1, 0.15) is 5.75 Å². The lowest BCUT2D eigenvalue weighted by atomic mass is 9.90. The molecule has 138 valence electrons. The molecule has 5 nitrogen and oxygen atoms in total. The number of nitrogens with one attached hydrogen (secondary N) is 1. The lowest BCUT2D eigenvalue weighted by molar-refractivity contribution is -0.120.